The van der Waals surface area contributed by atoms with Crippen molar-refractivity contribution in [3.05, 3.63) is 5.92 Å². The summed E-state index contributed by atoms with van der Waals surface area (Å²) in [5.41, 5.74) is -0.306. The van der Waals surface area contributed by atoms with Gasteiger partial charge in [0.05, 0.1) is 5.54 Å². The van der Waals surface area contributed by atoms with Crippen LogP contribution in [0.15, 0.2) is 0 Å². The van der Waals surface area contributed by atoms with Crippen LogP contribution < -0.4 is 5.32 Å². The number of hydrogen-bond acceptors (Lipinski definition) is 4. The van der Waals surface area contributed by atoms with Crippen molar-refractivity contribution in [2.24, 2.45) is 0 Å². The maximum atomic E-state index is 10.9. The van der Waals surface area contributed by atoms with Gasteiger partial charge in [0.25, 0.3) is 0 Å². The van der Waals surface area contributed by atoms with Gasteiger partial charge >= 0.3 is 0 Å². The summed E-state index contributed by atoms with van der Waals surface area (Å²) in [5, 5.41) is 2.75. The molecule has 0 aliphatic heterocycles. The fourth-order valence-corrected chi connectivity index (χ4v) is 0.315. The van der Waals surface area contributed by atoms with Crippen molar-refractivity contribution in [1.29, 1.82) is 0 Å². The summed E-state index contributed by atoms with van der Waals surface area (Å²) >= 11 is 0. The predicted molar refractivity (Wildman–Crippen MR) is 92.2 cm³/mol. The van der Waals surface area contributed by atoms with Gasteiger partial charge in [-0.3, -0.25) is 9.69 Å². The minimum absolute atomic E-state index is 0. The Morgan fingerprint density at radius 1 is 1.00 bits per heavy atom. The fourth-order valence-electron chi connectivity index (χ4n) is 0.315. The van der Waals surface area contributed by atoms with Gasteiger partial charge in [0, 0.05) is 21.1 Å². The van der Waals surface area contributed by atoms with Crippen LogP contribution in [-0.2, 0) is 30.7 Å². The molecule has 0 saturated carbocycles. The van der Waals surface area contributed by atoms with Crippen LogP contribution in [-0.4, -0.2) is 50.2 Å². The Hall–Kier alpha value is -0.182. The van der Waals surface area contributed by atoms with Crippen LogP contribution in [0.3, 0.4) is 0 Å². The van der Waals surface area contributed by atoms with Gasteiger partial charge in [0.2, 0.25) is 0 Å². The third-order valence-electron chi connectivity index (χ3n) is 2.68. The van der Waals surface area contributed by atoms with Crippen LogP contribution in [0.5, 0.6) is 0 Å². The molecule has 0 fully saturated rings. The SMILES string of the molecule is C.C.CC(=O)C(C)(C)N(C)C.CC(=O)[C-](C)C.CNC.[W]. The molecule has 5 heteroatoms. The molecule has 0 aliphatic carbocycles. The topological polar surface area (TPSA) is 49.4 Å². The molecule has 0 bridgehead atoms. The van der Waals surface area contributed by atoms with Crippen molar-refractivity contribution < 1.29 is 30.7 Å². The number of likely N-dealkylation sites (N-methyl/N-ethyl adjacent to an activating group) is 1. The van der Waals surface area contributed by atoms with Gasteiger partial charge in [-0.05, 0) is 61.7 Å². The molecule has 0 rings (SSSR count). The van der Waals surface area contributed by atoms with Crippen molar-refractivity contribution in [2.75, 3.05) is 28.2 Å². The van der Waals surface area contributed by atoms with E-state index >= 15 is 0 Å². The number of ketones is 2. The number of hydrogen-bond donors (Lipinski definition) is 1. The van der Waals surface area contributed by atoms with Crippen LogP contribution in [0.4, 0.5) is 0 Å². The second-order valence-electron chi connectivity index (χ2n) is 5.07. The van der Waals surface area contributed by atoms with E-state index in [1.165, 1.54) is 0 Å². The molecular weight excluding hydrogens is 436 g/mol. The molecule has 0 aromatic carbocycles. The van der Waals surface area contributed by atoms with Gasteiger partial charge in [0.1, 0.15) is 5.78 Å². The molecule has 0 aliphatic rings. The first-order valence-electron chi connectivity index (χ1n) is 6.03. The van der Waals surface area contributed by atoms with E-state index in [0.29, 0.717) is 0 Å². The zero-order valence-electron chi connectivity index (χ0n) is 14.2. The van der Waals surface area contributed by atoms with Crippen LogP contribution in [0.25, 0.3) is 0 Å². The molecule has 0 heterocycles. The van der Waals surface area contributed by atoms with Crippen molar-refractivity contribution in [1.82, 2.24) is 10.2 Å². The maximum absolute atomic E-state index is 10.9. The first-order valence-corrected chi connectivity index (χ1v) is 6.03. The third kappa shape index (κ3) is 25.1. The maximum Gasteiger partial charge on any atom is 0.149 e. The minimum atomic E-state index is -0.306. The standard InChI is InChI=1S/C7H15NO.C5H9O.C2H7N.2CH4.W/c1-6(9)7(2,3)8(4)5;1-4(2)5(3)6;1-3-2;;;/h1-5H3;1-3H3;3H,1-2H3;2*1H4;/q;-1;;;;. The van der Waals surface area contributed by atoms with Crippen LogP contribution >= 0.6 is 0 Å². The quantitative estimate of drug-likeness (QED) is 0.638. The van der Waals surface area contributed by atoms with Gasteiger partial charge in [-0.2, -0.15) is 13.8 Å². The number of Topliss-reactive ketones (excluding diaryl/α,β-unsaturated/α-hetero) is 2. The second-order valence-corrected chi connectivity index (χ2v) is 5.07. The zero-order chi connectivity index (χ0) is 15.5. The van der Waals surface area contributed by atoms with Gasteiger partial charge in [0.15, 0.2) is 0 Å². The van der Waals surface area contributed by atoms with Crippen LogP contribution in [0.2, 0.25) is 0 Å². The van der Waals surface area contributed by atoms with Crippen LogP contribution in [0, 0.1) is 5.92 Å². The molecule has 132 valence electrons. The molecule has 0 unspecified atom stereocenters. The van der Waals surface area contributed by atoms with Crippen molar-refractivity contribution >= 4 is 11.6 Å². The van der Waals surface area contributed by atoms with E-state index in [0.717, 1.165) is 5.92 Å². The molecule has 0 aromatic rings. The molecule has 0 aromatic heterocycles. The van der Waals surface area contributed by atoms with Gasteiger partial charge in [-0.25, -0.2) is 0 Å². The molecule has 4 nitrogen and oxygen atoms in total. The molecule has 0 atom stereocenters. The summed E-state index contributed by atoms with van der Waals surface area (Å²) in [6, 6.07) is 0. The van der Waals surface area contributed by atoms with Gasteiger partial charge < -0.3 is 16.0 Å². The molecule has 0 saturated heterocycles. The zero-order valence-corrected chi connectivity index (χ0v) is 17.1. The summed E-state index contributed by atoms with van der Waals surface area (Å²) in [7, 11) is 7.56. The van der Waals surface area contributed by atoms with E-state index in [1.54, 1.807) is 13.8 Å². The summed E-state index contributed by atoms with van der Waals surface area (Å²) in [4.78, 5) is 22.9. The van der Waals surface area contributed by atoms with Crippen molar-refractivity contribution in [3.8, 4) is 0 Å². The summed E-state index contributed by atoms with van der Waals surface area (Å²) in [6.07, 6.45) is 0. The number of rotatable bonds is 3. The van der Waals surface area contributed by atoms with E-state index in [-0.39, 0.29) is 53.0 Å². The Balaban J connectivity index is -0.0000000417. The molecule has 0 spiro atoms. The predicted octanol–water partition coefficient (Wildman–Crippen LogP) is 3.21. The van der Waals surface area contributed by atoms with E-state index in [1.807, 2.05) is 60.8 Å². The molecule has 1 N–H and O–H groups in total. The minimum Gasteiger partial charge on any atom is -0.334 e. The molecular formula is C16H39N2O2W-. The van der Waals surface area contributed by atoms with E-state index < -0.39 is 0 Å². The monoisotopic (exact) mass is 475 g/mol. The average molecular weight is 475 g/mol. The van der Waals surface area contributed by atoms with E-state index in [9.17, 15) is 9.59 Å². The fraction of sp³-hybridized carbons (Fsp3) is 0.812. The Labute approximate surface area is 148 Å². The van der Waals surface area contributed by atoms with Gasteiger partial charge in [-0.1, -0.05) is 14.9 Å². The van der Waals surface area contributed by atoms with E-state index in [2.05, 4.69) is 5.32 Å². The summed E-state index contributed by atoms with van der Waals surface area (Å²) in [6.45, 7) is 10.6. The van der Waals surface area contributed by atoms with Crippen molar-refractivity contribution in [2.45, 2.75) is 61.9 Å². The van der Waals surface area contributed by atoms with Gasteiger partial charge in [-0.15, -0.1) is 0 Å². The Kier molecular flexibility index (Phi) is 35.1. The number of carbonyl (C=O) groups is 2. The number of nitrogens with one attached hydrogen (secondary N) is 1. The molecule has 0 radical (unpaired) electrons. The molecule has 0 amide bonds. The Bertz CT molecular complexity index is 240. The Morgan fingerprint density at radius 2 is 1.19 bits per heavy atom. The third-order valence-corrected chi connectivity index (χ3v) is 2.68. The molecule has 21 heavy (non-hydrogen) atoms. The van der Waals surface area contributed by atoms with Crippen LogP contribution in [0.1, 0.15) is 56.4 Å². The Morgan fingerprint density at radius 3 is 1.19 bits per heavy atom. The van der Waals surface area contributed by atoms with Crippen molar-refractivity contribution in [3.63, 3.8) is 0 Å². The summed E-state index contributed by atoms with van der Waals surface area (Å²) < 4.78 is 0. The largest absolute Gasteiger partial charge is 0.334 e. The second kappa shape index (κ2) is 19.8. The number of carbonyl (C=O) groups excluding carboxylic acids is 2. The first-order chi connectivity index (χ1) is 7.94. The van der Waals surface area contributed by atoms with E-state index in [4.69, 9.17) is 0 Å². The number of nitrogens with zero attached hydrogens (tertiary/aromatic N) is 1. The normalized spacial score (nSPS) is 8.33. The summed E-state index contributed by atoms with van der Waals surface area (Å²) in [5.74, 6) is 1.25. The smallest absolute Gasteiger partial charge is 0.149 e. The average Bonchev–Trinajstić information content (AvgIpc) is 2.18. The first kappa shape index (κ1) is 37.2.